The van der Waals surface area contributed by atoms with E-state index in [1.807, 2.05) is 32.0 Å². The lowest BCUT2D eigenvalue weighted by molar-refractivity contribution is -0.136. The topological polar surface area (TPSA) is 115 Å². The Kier molecular flexibility index (Phi) is 7.14. The van der Waals surface area contributed by atoms with E-state index in [1.165, 1.54) is 22.1 Å². The van der Waals surface area contributed by atoms with Crippen LogP contribution in [-0.4, -0.2) is 29.6 Å². The SMILES string of the molecule is C/C(=C(/C)S(=O)(=O)n1cc(CCC(=O)O)c2ccc(OC(C)C)cc21)N(N)c1ccccc1. The number of aryl methyl sites for hydroxylation is 1. The molecule has 176 valence electrons. The largest absolute Gasteiger partial charge is 0.491 e. The van der Waals surface area contributed by atoms with E-state index in [2.05, 4.69) is 0 Å². The highest BCUT2D eigenvalue weighted by atomic mass is 32.2. The number of para-hydroxylation sites is 1. The Morgan fingerprint density at radius 1 is 1.15 bits per heavy atom. The third-order valence-corrected chi connectivity index (χ3v) is 7.25. The highest BCUT2D eigenvalue weighted by molar-refractivity contribution is 7.93. The summed E-state index contributed by atoms with van der Waals surface area (Å²) in [5.74, 6) is 5.78. The van der Waals surface area contributed by atoms with E-state index in [1.54, 1.807) is 37.3 Å². The average Bonchev–Trinajstić information content (AvgIpc) is 3.15. The lowest BCUT2D eigenvalue weighted by Crippen LogP contribution is -2.31. The maximum atomic E-state index is 13.7. The van der Waals surface area contributed by atoms with Crippen LogP contribution in [0, 0.1) is 0 Å². The van der Waals surface area contributed by atoms with E-state index < -0.39 is 16.0 Å². The molecular weight excluding hydrogens is 442 g/mol. The molecule has 0 bridgehead atoms. The van der Waals surface area contributed by atoms with Gasteiger partial charge in [-0.1, -0.05) is 18.2 Å². The molecule has 0 spiro atoms. The minimum Gasteiger partial charge on any atom is -0.491 e. The third kappa shape index (κ3) is 5.20. The molecule has 2 aromatic carbocycles. The fourth-order valence-electron chi connectivity index (χ4n) is 3.52. The molecule has 0 amide bonds. The van der Waals surface area contributed by atoms with Crippen LogP contribution in [0.4, 0.5) is 5.69 Å². The molecule has 0 aliphatic heterocycles. The molecule has 3 N–H and O–H groups in total. The van der Waals surface area contributed by atoms with Crippen molar-refractivity contribution in [3.8, 4) is 5.75 Å². The van der Waals surface area contributed by atoms with Crippen molar-refractivity contribution in [1.82, 2.24) is 3.97 Å². The summed E-state index contributed by atoms with van der Waals surface area (Å²) in [5.41, 5.74) is 2.07. The fourth-order valence-corrected chi connectivity index (χ4v) is 4.96. The molecule has 0 radical (unpaired) electrons. The van der Waals surface area contributed by atoms with Crippen LogP contribution >= 0.6 is 0 Å². The lowest BCUT2D eigenvalue weighted by atomic mass is 10.1. The molecule has 3 aromatic rings. The van der Waals surface area contributed by atoms with Crippen molar-refractivity contribution in [3.63, 3.8) is 0 Å². The van der Waals surface area contributed by atoms with E-state index in [0.29, 0.717) is 33.6 Å². The van der Waals surface area contributed by atoms with Gasteiger partial charge in [-0.3, -0.25) is 9.80 Å². The predicted octanol–water partition coefficient (Wildman–Crippen LogP) is 4.26. The van der Waals surface area contributed by atoms with Crippen molar-refractivity contribution < 1.29 is 23.1 Å². The van der Waals surface area contributed by atoms with Gasteiger partial charge in [0.2, 0.25) is 0 Å². The van der Waals surface area contributed by atoms with Crippen molar-refractivity contribution >= 4 is 32.6 Å². The van der Waals surface area contributed by atoms with Gasteiger partial charge in [0.15, 0.2) is 0 Å². The quantitative estimate of drug-likeness (QED) is 0.354. The smallest absolute Gasteiger partial charge is 0.303 e. The maximum Gasteiger partial charge on any atom is 0.303 e. The molecule has 0 unspecified atom stereocenters. The number of fused-ring (bicyclic) bond motifs is 1. The number of anilines is 1. The van der Waals surface area contributed by atoms with Crippen molar-refractivity contribution in [3.05, 3.63) is 70.9 Å². The molecular formula is C24H29N3O5S. The Labute approximate surface area is 193 Å². The van der Waals surface area contributed by atoms with Gasteiger partial charge in [0.05, 0.1) is 22.2 Å². The number of hydrogen-bond donors (Lipinski definition) is 2. The minimum atomic E-state index is -4.01. The van der Waals surface area contributed by atoms with Crippen molar-refractivity contribution in [2.24, 2.45) is 5.84 Å². The van der Waals surface area contributed by atoms with E-state index in [9.17, 15) is 13.2 Å². The van der Waals surface area contributed by atoms with Crippen LogP contribution in [0.15, 0.2) is 65.3 Å². The number of carboxylic acids is 1. The van der Waals surface area contributed by atoms with Crippen LogP contribution in [0.5, 0.6) is 5.75 Å². The van der Waals surface area contributed by atoms with E-state index in [4.69, 9.17) is 15.7 Å². The summed E-state index contributed by atoms with van der Waals surface area (Å²) in [5, 5.41) is 11.1. The number of carbonyl (C=O) groups is 1. The zero-order chi connectivity index (χ0) is 24.3. The predicted molar refractivity (Wildman–Crippen MR) is 129 cm³/mol. The Morgan fingerprint density at radius 2 is 1.82 bits per heavy atom. The number of aromatic nitrogens is 1. The van der Waals surface area contributed by atoms with Crippen LogP contribution in [-0.2, 0) is 21.2 Å². The van der Waals surface area contributed by atoms with Gasteiger partial charge >= 0.3 is 5.97 Å². The first kappa shape index (κ1) is 24.3. The number of aliphatic carboxylic acids is 1. The number of nitrogens with two attached hydrogens (primary N) is 1. The summed E-state index contributed by atoms with van der Waals surface area (Å²) in [6.45, 7) is 6.91. The fraction of sp³-hybridized carbons (Fsp3) is 0.292. The summed E-state index contributed by atoms with van der Waals surface area (Å²) in [6, 6.07) is 14.2. The van der Waals surface area contributed by atoms with Crippen LogP contribution in [0.2, 0.25) is 0 Å². The normalized spacial score (nSPS) is 12.7. The average molecular weight is 472 g/mol. The summed E-state index contributed by atoms with van der Waals surface area (Å²) in [4.78, 5) is 11.2. The van der Waals surface area contributed by atoms with Crippen LogP contribution in [0.1, 0.15) is 39.7 Å². The van der Waals surface area contributed by atoms with E-state index >= 15 is 0 Å². The first-order chi connectivity index (χ1) is 15.5. The van der Waals surface area contributed by atoms with E-state index in [-0.39, 0.29) is 23.9 Å². The molecule has 0 atom stereocenters. The Morgan fingerprint density at radius 3 is 2.42 bits per heavy atom. The van der Waals surface area contributed by atoms with Gasteiger partial charge in [0.25, 0.3) is 10.0 Å². The monoisotopic (exact) mass is 471 g/mol. The van der Waals surface area contributed by atoms with Crippen LogP contribution < -0.4 is 15.6 Å². The van der Waals surface area contributed by atoms with Crippen molar-refractivity contribution in [2.45, 2.75) is 46.6 Å². The Bertz CT molecular complexity index is 1290. The number of allylic oxidation sites excluding steroid dienone is 2. The molecule has 0 saturated heterocycles. The molecule has 33 heavy (non-hydrogen) atoms. The van der Waals surface area contributed by atoms with E-state index in [0.717, 1.165) is 0 Å². The van der Waals surface area contributed by atoms with Gasteiger partial charge in [-0.25, -0.2) is 18.2 Å². The first-order valence-electron chi connectivity index (χ1n) is 10.6. The zero-order valence-corrected chi connectivity index (χ0v) is 20.0. The maximum absolute atomic E-state index is 13.7. The number of nitrogens with zero attached hydrogens (tertiary/aromatic N) is 2. The van der Waals surface area contributed by atoms with Crippen LogP contribution in [0.3, 0.4) is 0 Å². The third-order valence-electron chi connectivity index (χ3n) is 5.36. The van der Waals surface area contributed by atoms with Gasteiger partial charge in [-0.05, 0) is 63.9 Å². The summed E-state index contributed by atoms with van der Waals surface area (Å²) >= 11 is 0. The molecule has 9 heteroatoms. The summed E-state index contributed by atoms with van der Waals surface area (Å²) in [7, 11) is -4.01. The second-order valence-electron chi connectivity index (χ2n) is 8.04. The number of ether oxygens (including phenoxy) is 1. The molecule has 3 rings (SSSR count). The molecule has 0 aliphatic rings. The second kappa shape index (κ2) is 9.68. The molecule has 0 fully saturated rings. The van der Waals surface area contributed by atoms with Crippen LogP contribution in [0.25, 0.3) is 10.9 Å². The number of hydrazine groups is 1. The highest BCUT2D eigenvalue weighted by Crippen LogP contribution is 2.31. The first-order valence-corrected chi connectivity index (χ1v) is 12.0. The molecule has 1 aromatic heterocycles. The molecule has 8 nitrogen and oxygen atoms in total. The van der Waals surface area contributed by atoms with Crippen molar-refractivity contribution in [1.29, 1.82) is 0 Å². The van der Waals surface area contributed by atoms with Gasteiger partial charge in [0, 0.05) is 29.8 Å². The Balaban J connectivity index is 2.15. The summed E-state index contributed by atoms with van der Waals surface area (Å²) in [6.07, 6.45) is 1.49. The van der Waals surface area contributed by atoms with Gasteiger partial charge in [-0.15, -0.1) is 0 Å². The molecule has 0 aliphatic carbocycles. The number of benzene rings is 2. The number of rotatable bonds is 9. The summed E-state index contributed by atoms with van der Waals surface area (Å²) < 4.78 is 34.3. The molecule has 1 heterocycles. The second-order valence-corrected chi connectivity index (χ2v) is 10.00. The number of hydrogen-bond acceptors (Lipinski definition) is 6. The molecule has 0 saturated carbocycles. The Hall–Kier alpha value is -3.30. The standard InChI is InChI=1S/C24H29N3O5S/c1-16(2)32-21-11-12-22-19(10-13-24(28)29)15-26(23(22)14-21)33(30,31)18(4)17(3)27(25)20-8-6-5-7-9-20/h5-9,11-12,14-16H,10,13,25H2,1-4H3,(H,28,29)/b18-17+. The highest BCUT2D eigenvalue weighted by Gasteiger charge is 2.25. The van der Waals surface area contributed by atoms with Gasteiger partial charge in [-0.2, -0.15) is 0 Å². The number of carboxylic acid groups (broad SMARTS) is 1. The lowest BCUT2D eigenvalue weighted by Gasteiger charge is -2.22. The zero-order valence-electron chi connectivity index (χ0n) is 19.1. The van der Waals surface area contributed by atoms with Gasteiger partial charge < -0.3 is 9.84 Å². The minimum absolute atomic E-state index is 0.0747. The van der Waals surface area contributed by atoms with Gasteiger partial charge in [0.1, 0.15) is 5.75 Å². The van der Waals surface area contributed by atoms with Crippen molar-refractivity contribution in [2.75, 3.05) is 5.01 Å².